The molecule has 0 amide bonds. The molecule has 0 aromatic carbocycles. The number of aliphatic hydroxyl groups is 1. The van der Waals surface area contributed by atoms with Crippen LogP contribution in [-0.2, 0) is 10.8 Å². The van der Waals surface area contributed by atoms with Gasteiger partial charge in [0.2, 0.25) is 11.8 Å². The molecule has 11 heteroatoms. The molecule has 2 N–H and O–H groups in total. The number of aromatic nitrogens is 4. The average Bonchev–Trinajstić information content (AvgIpc) is 3.13. The Morgan fingerprint density at radius 1 is 1.26 bits per heavy atom. The van der Waals surface area contributed by atoms with E-state index in [9.17, 15) is 9.32 Å². The number of halogens is 1. The molecule has 31 heavy (non-hydrogen) atoms. The molecule has 164 valence electrons. The van der Waals surface area contributed by atoms with E-state index in [2.05, 4.69) is 25.2 Å². The number of fused-ring (bicyclic) bond motifs is 3. The van der Waals surface area contributed by atoms with Gasteiger partial charge < -0.3 is 20.1 Å². The number of hydrogen-bond acceptors (Lipinski definition) is 9. The molecule has 3 atom stereocenters. The van der Waals surface area contributed by atoms with Crippen molar-refractivity contribution in [1.29, 1.82) is 0 Å². The van der Waals surface area contributed by atoms with Gasteiger partial charge in [0.05, 0.1) is 17.2 Å². The minimum absolute atomic E-state index is 0.0191. The zero-order valence-electron chi connectivity index (χ0n) is 16.8. The Balaban J connectivity index is 1.27. The molecule has 2 saturated heterocycles. The molecular formula is C20H23ClN6O3S. The van der Waals surface area contributed by atoms with Gasteiger partial charge in [-0.25, -0.2) is 9.97 Å². The standard InChI is InChI=1S/C20H23ClN6O3S/c21-13-5-22-16(23-6-13)14-11-4-12(14)8-27(7-11)19-24-17(26-20(9-28)2-1-3-20)15-18(25-19)30-10-31(15)29/h5-6,11-12,14,28H,1-4,7-10H2,(H,24,25,26). The lowest BCUT2D eigenvalue weighted by molar-refractivity contribution is 0.104. The number of rotatable bonds is 5. The number of hydrogen-bond donors (Lipinski definition) is 2. The fourth-order valence-electron chi connectivity index (χ4n) is 5.26. The Hall–Kier alpha value is -2.04. The van der Waals surface area contributed by atoms with E-state index in [1.54, 1.807) is 12.4 Å². The first kappa shape index (κ1) is 19.6. The molecular weight excluding hydrogens is 440 g/mol. The van der Waals surface area contributed by atoms with Crippen LogP contribution in [0.5, 0.6) is 5.88 Å². The van der Waals surface area contributed by atoms with Crippen molar-refractivity contribution < 1.29 is 14.1 Å². The first-order valence-corrected chi connectivity index (χ1v) is 12.3. The van der Waals surface area contributed by atoms with E-state index < -0.39 is 16.3 Å². The van der Waals surface area contributed by atoms with E-state index in [1.165, 1.54) is 0 Å². The molecule has 2 aromatic heterocycles. The lowest BCUT2D eigenvalue weighted by Crippen LogP contribution is -2.55. The minimum atomic E-state index is -1.31. The van der Waals surface area contributed by atoms with E-state index in [0.29, 0.717) is 45.3 Å². The van der Waals surface area contributed by atoms with Gasteiger partial charge in [0.25, 0.3) is 0 Å². The van der Waals surface area contributed by atoms with Gasteiger partial charge in [-0.05, 0) is 37.5 Å². The van der Waals surface area contributed by atoms with Gasteiger partial charge in [0.1, 0.15) is 21.5 Å². The molecule has 2 aromatic rings. The van der Waals surface area contributed by atoms with Crippen LogP contribution in [0.4, 0.5) is 11.8 Å². The van der Waals surface area contributed by atoms with E-state index >= 15 is 0 Å². The van der Waals surface area contributed by atoms with Crippen LogP contribution in [0.25, 0.3) is 0 Å². The summed E-state index contributed by atoms with van der Waals surface area (Å²) < 4.78 is 18.1. The van der Waals surface area contributed by atoms with Crippen LogP contribution in [0.15, 0.2) is 17.3 Å². The van der Waals surface area contributed by atoms with Crippen LogP contribution < -0.4 is 15.0 Å². The first-order chi connectivity index (χ1) is 15.0. The third-order valence-electron chi connectivity index (χ3n) is 7.10. The molecule has 2 saturated carbocycles. The first-order valence-electron chi connectivity index (χ1n) is 10.6. The Bertz CT molecular complexity index is 1030. The van der Waals surface area contributed by atoms with Gasteiger partial charge >= 0.3 is 0 Å². The topological polar surface area (TPSA) is 113 Å². The predicted molar refractivity (Wildman–Crippen MR) is 115 cm³/mol. The number of aliphatic hydroxyl groups excluding tert-OH is 1. The summed E-state index contributed by atoms with van der Waals surface area (Å²) in [5, 5.41) is 13.8. The fraction of sp³-hybridized carbons (Fsp3) is 0.600. The molecule has 5 aliphatic rings. The van der Waals surface area contributed by atoms with Crippen molar-refractivity contribution in [3.63, 3.8) is 0 Å². The second-order valence-corrected chi connectivity index (χ2v) is 10.7. The van der Waals surface area contributed by atoms with Crippen molar-refractivity contribution in [2.24, 2.45) is 11.8 Å². The maximum Gasteiger partial charge on any atom is 0.238 e. The van der Waals surface area contributed by atoms with Crippen LogP contribution in [-0.4, -0.2) is 60.4 Å². The zero-order valence-corrected chi connectivity index (χ0v) is 18.4. The number of ether oxygens (including phenoxy) is 1. The van der Waals surface area contributed by atoms with Gasteiger partial charge in [-0.1, -0.05) is 11.6 Å². The van der Waals surface area contributed by atoms with Crippen LogP contribution in [0.2, 0.25) is 5.02 Å². The highest BCUT2D eigenvalue weighted by Crippen LogP contribution is 2.51. The van der Waals surface area contributed by atoms with Crippen molar-refractivity contribution in [2.75, 3.05) is 35.9 Å². The van der Waals surface area contributed by atoms with Gasteiger partial charge in [0.15, 0.2) is 11.8 Å². The normalized spacial score (nSPS) is 30.1. The van der Waals surface area contributed by atoms with E-state index in [1.807, 2.05) is 0 Å². The Labute approximate surface area is 187 Å². The largest absolute Gasteiger partial charge is 0.463 e. The van der Waals surface area contributed by atoms with Gasteiger partial charge in [-0.2, -0.15) is 9.97 Å². The molecule has 5 heterocycles. The lowest BCUT2D eigenvalue weighted by atomic mass is 9.61. The summed E-state index contributed by atoms with van der Waals surface area (Å²) in [6.07, 6.45) is 7.23. The summed E-state index contributed by atoms with van der Waals surface area (Å²) in [4.78, 5) is 20.9. The van der Waals surface area contributed by atoms with E-state index in [4.69, 9.17) is 21.3 Å². The van der Waals surface area contributed by atoms with Crippen LogP contribution in [0, 0.1) is 11.8 Å². The summed E-state index contributed by atoms with van der Waals surface area (Å²) >= 11 is 5.94. The molecule has 3 aliphatic heterocycles. The highest BCUT2D eigenvalue weighted by Gasteiger charge is 2.49. The summed E-state index contributed by atoms with van der Waals surface area (Å²) in [5.74, 6) is 3.63. The zero-order chi connectivity index (χ0) is 21.2. The molecule has 0 spiro atoms. The third-order valence-corrected chi connectivity index (χ3v) is 8.45. The van der Waals surface area contributed by atoms with Crippen molar-refractivity contribution in [3.05, 3.63) is 23.2 Å². The molecule has 9 nitrogen and oxygen atoms in total. The maximum atomic E-state index is 12.5. The quantitative estimate of drug-likeness (QED) is 0.688. The molecule has 2 aliphatic carbocycles. The second-order valence-electron chi connectivity index (χ2n) is 8.98. The van der Waals surface area contributed by atoms with Crippen molar-refractivity contribution in [3.8, 4) is 5.88 Å². The van der Waals surface area contributed by atoms with Crippen molar-refractivity contribution in [2.45, 2.75) is 42.0 Å². The summed E-state index contributed by atoms with van der Waals surface area (Å²) in [5.41, 5.74) is -0.396. The van der Waals surface area contributed by atoms with Gasteiger partial charge in [-0.15, -0.1) is 0 Å². The molecule has 0 radical (unpaired) electrons. The van der Waals surface area contributed by atoms with E-state index in [-0.39, 0.29) is 12.5 Å². The van der Waals surface area contributed by atoms with Crippen LogP contribution in [0.1, 0.15) is 37.4 Å². The van der Waals surface area contributed by atoms with Gasteiger partial charge in [0, 0.05) is 31.4 Å². The summed E-state index contributed by atoms with van der Waals surface area (Å²) in [6.45, 7) is 1.63. The Morgan fingerprint density at radius 3 is 2.65 bits per heavy atom. The SMILES string of the molecule is O=S1COc2nc(N3CC4CC(C3)C4c3ncc(Cl)cn3)nc(NC3(CO)CCC3)c21. The Morgan fingerprint density at radius 2 is 2.00 bits per heavy atom. The number of nitrogens with one attached hydrogen (secondary N) is 1. The monoisotopic (exact) mass is 462 g/mol. The highest BCUT2D eigenvalue weighted by molar-refractivity contribution is 7.85. The smallest absolute Gasteiger partial charge is 0.238 e. The molecule has 4 fully saturated rings. The predicted octanol–water partition coefficient (Wildman–Crippen LogP) is 1.94. The second kappa shape index (κ2) is 7.25. The Kier molecular flexibility index (Phi) is 4.59. The number of nitrogens with zero attached hydrogens (tertiary/aromatic N) is 5. The van der Waals surface area contributed by atoms with Crippen molar-refractivity contribution >= 4 is 34.2 Å². The number of piperidine rings is 2. The third kappa shape index (κ3) is 3.18. The fourth-order valence-corrected chi connectivity index (χ4v) is 6.31. The molecule has 2 bridgehead atoms. The molecule has 7 rings (SSSR count). The maximum absolute atomic E-state index is 12.5. The van der Waals surface area contributed by atoms with Crippen LogP contribution in [0.3, 0.4) is 0 Å². The minimum Gasteiger partial charge on any atom is -0.463 e. The molecule has 3 unspecified atom stereocenters. The van der Waals surface area contributed by atoms with Crippen molar-refractivity contribution in [1.82, 2.24) is 19.9 Å². The summed E-state index contributed by atoms with van der Waals surface area (Å²) in [7, 11) is -1.31. The van der Waals surface area contributed by atoms with Gasteiger partial charge in [-0.3, -0.25) is 4.21 Å². The van der Waals surface area contributed by atoms with Crippen LogP contribution >= 0.6 is 11.6 Å². The summed E-state index contributed by atoms with van der Waals surface area (Å²) in [6, 6.07) is 0. The lowest BCUT2D eigenvalue weighted by Gasteiger charge is -2.52. The number of anilines is 2. The average molecular weight is 463 g/mol. The van der Waals surface area contributed by atoms with E-state index in [0.717, 1.165) is 44.6 Å². The highest BCUT2D eigenvalue weighted by atomic mass is 35.5.